The summed E-state index contributed by atoms with van der Waals surface area (Å²) in [5.41, 5.74) is 4.83. The van der Waals surface area contributed by atoms with Gasteiger partial charge < -0.3 is 35.4 Å². The van der Waals surface area contributed by atoms with Crippen LogP contribution in [0, 0.1) is 0 Å². The van der Waals surface area contributed by atoms with Crippen LogP contribution in [0.3, 0.4) is 0 Å². The van der Waals surface area contributed by atoms with Crippen LogP contribution >= 0.6 is 0 Å². The number of hydrogen-bond donors (Lipinski definition) is 6. The first-order valence-electron chi connectivity index (χ1n) is 14.8. The van der Waals surface area contributed by atoms with Gasteiger partial charge in [0, 0.05) is 25.7 Å². The Morgan fingerprint density at radius 2 is 0.826 bits per heavy atom. The van der Waals surface area contributed by atoms with Gasteiger partial charge in [0.25, 0.3) is 0 Å². The number of carboxylic acid groups (broad SMARTS) is 3. The van der Waals surface area contributed by atoms with Crippen LogP contribution in [-0.4, -0.2) is 55.2 Å². The van der Waals surface area contributed by atoms with Gasteiger partial charge in [-0.2, -0.15) is 0 Å². The Labute approximate surface area is 264 Å². The predicted molar refractivity (Wildman–Crippen MR) is 167 cm³/mol. The Morgan fingerprint density at radius 3 is 1.09 bits per heavy atom. The van der Waals surface area contributed by atoms with E-state index in [9.17, 15) is 45.0 Å². The average Bonchev–Trinajstić information content (AvgIpc) is 2.96. The highest BCUT2D eigenvalue weighted by Crippen LogP contribution is 2.39. The van der Waals surface area contributed by atoms with Crippen molar-refractivity contribution in [1.82, 2.24) is 0 Å². The zero-order chi connectivity index (χ0) is 33.1. The molecule has 0 aromatic heterocycles. The minimum absolute atomic E-state index is 0.0484. The fourth-order valence-electron chi connectivity index (χ4n) is 6.20. The Bertz CT molecular complexity index is 1740. The number of hydrogen-bond acceptors (Lipinski definition) is 7. The molecule has 6 N–H and O–H groups in total. The van der Waals surface area contributed by atoms with E-state index in [2.05, 4.69) is 0 Å². The maximum Gasteiger partial charge on any atom is 0.307 e. The number of carbonyl (C=O) groups is 3. The third-order valence-corrected chi connectivity index (χ3v) is 8.04. The quantitative estimate of drug-likeness (QED) is 0.140. The highest BCUT2D eigenvalue weighted by atomic mass is 16.5. The van der Waals surface area contributed by atoms with Crippen LogP contribution in [0.4, 0.5) is 0 Å². The minimum Gasteiger partial charge on any atom is -0.507 e. The second kappa shape index (κ2) is 13.2. The Morgan fingerprint density at radius 1 is 0.543 bits per heavy atom. The summed E-state index contributed by atoms with van der Waals surface area (Å²) in [4.78, 5) is 35.1. The number of para-hydroxylation sites is 1. The Kier molecular flexibility index (Phi) is 9.18. The summed E-state index contributed by atoms with van der Waals surface area (Å²) >= 11 is 0. The molecular formula is C36H34O10. The molecule has 5 rings (SSSR count). The number of phenolic OH excluding ortho intramolecular Hbond substituents is 3. The first-order valence-corrected chi connectivity index (χ1v) is 14.8. The van der Waals surface area contributed by atoms with Gasteiger partial charge in [0.2, 0.25) is 0 Å². The van der Waals surface area contributed by atoms with Gasteiger partial charge in [-0.1, -0.05) is 54.6 Å². The first-order chi connectivity index (χ1) is 21.9. The predicted octanol–water partition coefficient (Wildman–Crippen LogP) is 4.76. The van der Waals surface area contributed by atoms with Crippen molar-refractivity contribution in [3.63, 3.8) is 0 Å². The molecule has 0 saturated carbocycles. The fraction of sp³-hybridized carbons (Fsp3) is 0.250. The lowest BCUT2D eigenvalue weighted by Gasteiger charge is -2.20. The average molecular weight is 627 g/mol. The fourth-order valence-corrected chi connectivity index (χ4v) is 6.20. The number of ether oxygens (including phenoxy) is 1. The van der Waals surface area contributed by atoms with E-state index in [4.69, 9.17) is 4.74 Å². The molecule has 238 valence electrons. The molecule has 4 aromatic carbocycles. The van der Waals surface area contributed by atoms with Crippen molar-refractivity contribution in [3.05, 3.63) is 116 Å². The van der Waals surface area contributed by atoms with Crippen molar-refractivity contribution in [2.24, 2.45) is 0 Å². The van der Waals surface area contributed by atoms with Crippen molar-refractivity contribution in [2.45, 2.75) is 51.9 Å². The van der Waals surface area contributed by atoms with Crippen LogP contribution in [0.15, 0.2) is 54.6 Å². The van der Waals surface area contributed by atoms with E-state index in [1.807, 2.05) is 25.1 Å². The molecule has 0 unspecified atom stereocenters. The van der Waals surface area contributed by atoms with Gasteiger partial charge in [0.05, 0.1) is 25.9 Å². The molecule has 1 aliphatic carbocycles. The highest BCUT2D eigenvalue weighted by molar-refractivity contribution is 5.72. The van der Waals surface area contributed by atoms with Gasteiger partial charge in [-0.3, -0.25) is 14.4 Å². The molecule has 0 fully saturated rings. The molecule has 8 bridgehead atoms. The summed E-state index contributed by atoms with van der Waals surface area (Å²) in [7, 11) is 0. The van der Waals surface area contributed by atoms with Crippen LogP contribution < -0.4 is 4.74 Å². The van der Waals surface area contributed by atoms with E-state index in [-0.39, 0.29) is 62.2 Å². The summed E-state index contributed by atoms with van der Waals surface area (Å²) in [6.07, 6.45) is -0.727. The Hall–Kier alpha value is -5.51. The lowest BCUT2D eigenvalue weighted by molar-refractivity contribution is -0.137. The lowest BCUT2D eigenvalue weighted by Crippen LogP contribution is -2.08. The molecule has 4 aromatic rings. The SMILES string of the molecule is CCOc1c2cccc1Cc1cc(CC(=O)O)cc(c1O)Cc1cc(CC(=O)O)cc(c1O)Cc1cc(CC(=O)O)cc(c1O)C2. The smallest absolute Gasteiger partial charge is 0.307 e. The normalized spacial score (nSPS) is 12.4. The molecule has 0 heterocycles. The Balaban J connectivity index is 1.80. The largest absolute Gasteiger partial charge is 0.507 e. The van der Waals surface area contributed by atoms with E-state index in [0.29, 0.717) is 73.6 Å². The second-order valence-corrected chi connectivity index (χ2v) is 11.5. The van der Waals surface area contributed by atoms with E-state index in [0.717, 1.165) is 0 Å². The zero-order valence-electron chi connectivity index (χ0n) is 25.2. The molecule has 0 aliphatic heterocycles. The van der Waals surface area contributed by atoms with Gasteiger partial charge in [0.15, 0.2) is 0 Å². The molecule has 0 spiro atoms. The first kappa shape index (κ1) is 31.9. The summed E-state index contributed by atoms with van der Waals surface area (Å²) in [5.74, 6) is -3.03. The topological polar surface area (TPSA) is 182 Å². The maximum absolute atomic E-state index is 11.7. The van der Waals surface area contributed by atoms with Crippen LogP contribution in [0.5, 0.6) is 23.0 Å². The van der Waals surface area contributed by atoms with Crippen LogP contribution in [-0.2, 0) is 59.3 Å². The van der Waals surface area contributed by atoms with E-state index in [1.165, 1.54) is 12.1 Å². The van der Waals surface area contributed by atoms with Crippen LogP contribution in [0.2, 0.25) is 0 Å². The third kappa shape index (κ3) is 7.07. The lowest BCUT2D eigenvalue weighted by atomic mass is 9.88. The third-order valence-electron chi connectivity index (χ3n) is 8.04. The van der Waals surface area contributed by atoms with Crippen LogP contribution in [0.1, 0.15) is 68.1 Å². The standard InChI is InChI=1S/C36H34O10/c1-2-46-36-22-4-3-5-23(36)16-25-7-20(13-31(39)40)9-27(34(25)44)18-29-11-21(14-32(41)42)10-28(35(29)45)17-26-8-19(12-30(37)38)6-24(15-22)33(26)43/h3-11,43-45H,2,12-18H2,1H3,(H,37,38)(H,39,40)(H,41,42). The number of rotatable bonds is 8. The van der Waals surface area contributed by atoms with Crippen molar-refractivity contribution in [1.29, 1.82) is 0 Å². The zero-order valence-corrected chi connectivity index (χ0v) is 25.2. The summed E-state index contributed by atoms with van der Waals surface area (Å²) in [5, 5.41) is 63.2. The molecule has 10 nitrogen and oxygen atoms in total. The molecule has 1 aliphatic rings. The van der Waals surface area contributed by atoms with Gasteiger partial charge in [-0.25, -0.2) is 0 Å². The molecule has 0 saturated heterocycles. The maximum atomic E-state index is 11.7. The second-order valence-electron chi connectivity index (χ2n) is 11.5. The van der Waals surface area contributed by atoms with E-state index >= 15 is 0 Å². The summed E-state index contributed by atoms with van der Waals surface area (Å²) in [6, 6.07) is 14.9. The molecule has 0 amide bonds. The molecular weight excluding hydrogens is 592 g/mol. The van der Waals surface area contributed by atoms with Crippen LogP contribution in [0.25, 0.3) is 0 Å². The summed E-state index contributed by atoms with van der Waals surface area (Å²) in [6.45, 7) is 2.15. The monoisotopic (exact) mass is 626 g/mol. The number of benzene rings is 4. The van der Waals surface area contributed by atoms with Crippen molar-refractivity contribution in [2.75, 3.05) is 6.61 Å². The van der Waals surface area contributed by atoms with Crippen molar-refractivity contribution in [3.8, 4) is 23.0 Å². The van der Waals surface area contributed by atoms with Gasteiger partial charge in [-0.05, 0) is 68.1 Å². The number of carboxylic acids is 3. The number of aliphatic carboxylic acids is 3. The van der Waals surface area contributed by atoms with Gasteiger partial charge >= 0.3 is 17.9 Å². The highest BCUT2D eigenvalue weighted by Gasteiger charge is 2.22. The number of phenols is 3. The van der Waals surface area contributed by atoms with Gasteiger partial charge in [-0.15, -0.1) is 0 Å². The summed E-state index contributed by atoms with van der Waals surface area (Å²) < 4.78 is 6.09. The molecule has 46 heavy (non-hydrogen) atoms. The van der Waals surface area contributed by atoms with Crippen molar-refractivity contribution >= 4 is 17.9 Å². The minimum atomic E-state index is -1.10. The van der Waals surface area contributed by atoms with E-state index < -0.39 is 17.9 Å². The number of aromatic hydroxyl groups is 3. The molecule has 0 radical (unpaired) electrons. The molecule has 0 atom stereocenters. The van der Waals surface area contributed by atoms with Gasteiger partial charge in [0.1, 0.15) is 23.0 Å². The van der Waals surface area contributed by atoms with E-state index in [1.54, 1.807) is 24.3 Å². The number of fused-ring (bicyclic) bond motifs is 8. The molecule has 10 heteroatoms. The van der Waals surface area contributed by atoms with Crippen molar-refractivity contribution < 1.29 is 49.8 Å².